The molecule has 9 heteroatoms. The van der Waals surface area contributed by atoms with Gasteiger partial charge in [-0.25, -0.2) is 9.97 Å². The van der Waals surface area contributed by atoms with Crippen molar-refractivity contribution in [2.45, 2.75) is 10.9 Å². The first-order chi connectivity index (χ1) is 11.5. The minimum Gasteiger partial charge on any atom is -0.307 e. The summed E-state index contributed by atoms with van der Waals surface area (Å²) in [5.41, 5.74) is 1.68. The first-order valence-corrected chi connectivity index (χ1v) is 9.62. The predicted octanol–water partition coefficient (Wildman–Crippen LogP) is 4.56. The number of nitrogens with zero attached hydrogens (tertiary/aromatic N) is 2. The summed E-state index contributed by atoms with van der Waals surface area (Å²) in [5, 5.41) is 4.24. The molecule has 0 radical (unpaired) electrons. The Balaban J connectivity index is 1.71. The molecule has 3 rings (SSSR count). The van der Waals surface area contributed by atoms with Crippen LogP contribution in [0.5, 0.6) is 0 Å². The van der Waals surface area contributed by atoms with E-state index in [1.54, 1.807) is 24.4 Å². The maximum Gasteiger partial charge on any atom is 0.263 e. The van der Waals surface area contributed by atoms with E-state index in [9.17, 15) is 4.79 Å². The molecule has 0 unspecified atom stereocenters. The molecule has 0 spiro atoms. The van der Waals surface area contributed by atoms with E-state index in [1.165, 1.54) is 23.5 Å². The van der Waals surface area contributed by atoms with Crippen LogP contribution in [0.15, 0.2) is 40.5 Å². The monoisotopic (exact) mass is 413 g/mol. The summed E-state index contributed by atoms with van der Waals surface area (Å²) < 4.78 is 0.453. The Morgan fingerprint density at radius 2 is 2.12 bits per heavy atom. The number of hydrogen-bond acceptors (Lipinski definition) is 6. The molecule has 1 fully saturated rings. The van der Waals surface area contributed by atoms with Crippen LogP contribution in [0.1, 0.15) is 11.3 Å². The van der Waals surface area contributed by atoms with Crippen LogP contribution in [0.3, 0.4) is 0 Å². The van der Waals surface area contributed by atoms with Crippen LogP contribution >= 0.6 is 58.9 Å². The number of aromatic nitrogens is 2. The molecule has 0 bridgehead atoms. The zero-order valence-corrected chi connectivity index (χ0v) is 15.9. The highest BCUT2D eigenvalue weighted by atomic mass is 35.5. The lowest BCUT2D eigenvalue weighted by molar-refractivity contribution is -0.115. The van der Waals surface area contributed by atoms with Crippen LogP contribution in [0.25, 0.3) is 6.08 Å². The third kappa shape index (κ3) is 4.49. The number of amides is 1. The average Bonchev–Trinajstić information content (AvgIpc) is 2.86. The number of carbonyl (C=O) groups excluding carboxylic acids is 1. The summed E-state index contributed by atoms with van der Waals surface area (Å²) in [6.45, 7) is 0. The molecule has 0 atom stereocenters. The summed E-state index contributed by atoms with van der Waals surface area (Å²) in [6, 6.07) is 7.24. The molecule has 2 heterocycles. The van der Waals surface area contributed by atoms with Gasteiger partial charge in [0.25, 0.3) is 5.91 Å². The third-order valence-electron chi connectivity index (χ3n) is 2.93. The fraction of sp³-hybridized carbons (Fsp3) is 0.0667. The highest BCUT2D eigenvalue weighted by Crippen LogP contribution is 2.28. The summed E-state index contributed by atoms with van der Waals surface area (Å²) in [6.07, 6.45) is 3.36. The van der Waals surface area contributed by atoms with Crippen LogP contribution in [0.4, 0.5) is 0 Å². The van der Waals surface area contributed by atoms with E-state index in [1.807, 2.05) is 12.1 Å². The molecule has 1 aromatic heterocycles. The topological polar surface area (TPSA) is 54.9 Å². The van der Waals surface area contributed by atoms with Crippen molar-refractivity contribution in [3.8, 4) is 0 Å². The first-order valence-electron chi connectivity index (χ1n) is 6.66. The number of benzene rings is 1. The molecule has 2 aromatic rings. The van der Waals surface area contributed by atoms with Gasteiger partial charge in [0.05, 0.1) is 20.6 Å². The van der Waals surface area contributed by atoms with Crippen molar-refractivity contribution in [3.05, 3.63) is 56.7 Å². The van der Waals surface area contributed by atoms with Gasteiger partial charge < -0.3 is 5.32 Å². The molecule has 122 valence electrons. The normalized spacial score (nSPS) is 15.8. The van der Waals surface area contributed by atoms with Gasteiger partial charge in [0, 0.05) is 11.9 Å². The van der Waals surface area contributed by atoms with E-state index >= 15 is 0 Å². The fourth-order valence-electron chi connectivity index (χ4n) is 1.84. The lowest BCUT2D eigenvalue weighted by atomic mass is 10.2. The Bertz CT molecular complexity index is 858. The van der Waals surface area contributed by atoms with Crippen molar-refractivity contribution >= 4 is 75.2 Å². The number of thiocarbonyl (C=S) groups is 1. The predicted molar refractivity (Wildman–Crippen MR) is 104 cm³/mol. The minimum atomic E-state index is -0.200. The van der Waals surface area contributed by atoms with Crippen molar-refractivity contribution in [3.63, 3.8) is 0 Å². The van der Waals surface area contributed by atoms with Crippen LogP contribution in [0.2, 0.25) is 10.0 Å². The molecule has 4 nitrogen and oxygen atoms in total. The summed E-state index contributed by atoms with van der Waals surface area (Å²) in [4.78, 5) is 20.9. The van der Waals surface area contributed by atoms with Crippen LogP contribution in [-0.2, 0) is 10.5 Å². The number of rotatable bonds is 4. The van der Waals surface area contributed by atoms with Gasteiger partial charge in [-0.15, -0.1) is 0 Å². The molecule has 0 aliphatic carbocycles. The summed E-state index contributed by atoms with van der Waals surface area (Å²) in [7, 11) is 0. The van der Waals surface area contributed by atoms with Crippen LogP contribution in [0, 0.1) is 0 Å². The van der Waals surface area contributed by atoms with Gasteiger partial charge >= 0.3 is 0 Å². The lowest BCUT2D eigenvalue weighted by Crippen LogP contribution is -2.17. The van der Waals surface area contributed by atoms with Crippen LogP contribution < -0.4 is 5.32 Å². The fourth-order valence-corrected chi connectivity index (χ4v) is 3.97. The second-order valence-corrected chi connectivity index (χ2v) is 8.13. The second-order valence-electron chi connectivity index (χ2n) is 4.65. The van der Waals surface area contributed by atoms with Gasteiger partial charge in [-0.2, -0.15) is 0 Å². The Labute approximate surface area is 162 Å². The summed E-state index contributed by atoms with van der Waals surface area (Å²) >= 11 is 19.6. The molecule has 1 aliphatic heterocycles. The minimum absolute atomic E-state index is 0.200. The number of halogens is 2. The van der Waals surface area contributed by atoms with Crippen molar-refractivity contribution in [1.29, 1.82) is 0 Å². The Morgan fingerprint density at radius 1 is 1.29 bits per heavy atom. The van der Waals surface area contributed by atoms with Crippen molar-refractivity contribution in [2.75, 3.05) is 0 Å². The lowest BCUT2D eigenvalue weighted by Gasteiger charge is -2.03. The van der Waals surface area contributed by atoms with Gasteiger partial charge in [0.2, 0.25) is 0 Å². The molecular weight excluding hydrogens is 405 g/mol. The molecule has 1 N–H and O–H groups in total. The van der Waals surface area contributed by atoms with Crippen LogP contribution in [-0.4, -0.2) is 20.2 Å². The molecule has 1 aromatic carbocycles. The van der Waals surface area contributed by atoms with E-state index in [4.69, 9.17) is 35.4 Å². The van der Waals surface area contributed by atoms with Gasteiger partial charge in [0.1, 0.15) is 4.32 Å². The van der Waals surface area contributed by atoms with E-state index in [2.05, 4.69) is 15.3 Å². The molecule has 1 amide bonds. The SMILES string of the molecule is O=C1NC(=S)S/C1=C/c1ccnc(SCc2ccc(Cl)c(Cl)c2)n1. The Hall–Kier alpha value is -1.12. The zero-order valence-electron chi connectivity index (χ0n) is 12.0. The highest BCUT2D eigenvalue weighted by Gasteiger charge is 2.22. The molecule has 1 saturated heterocycles. The molecular formula is C15H9Cl2N3OS3. The van der Waals surface area contributed by atoms with Gasteiger partial charge in [0.15, 0.2) is 5.16 Å². The summed E-state index contributed by atoms with van der Waals surface area (Å²) in [5.74, 6) is 0.463. The number of nitrogens with one attached hydrogen (secondary N) is 1. The number of hydrogen-bond donors (Lipinski definition) is 1. The maximum absolute atomic E-state index is 11.7. The van der Waals surface area contributed by atoms with E-state index in [-0.39, 0.29) is 5.91 Å². The van der Waals surface area contributed by atoms with E-state index in [0.29, 0.717) is 35.9 Å². The number of thioether (sulfide) groups is 2. The molecule has 1 aliphatic rings. The molecule has 0 saturated carbocycles. The van der Waals surface area contributed by atoms with Crippen molar-refractivity contribution in [1.82, 2.24) is 15.3 Å². The highest BCUT2D eigenvalue weighted by molar-refractivity contribution is 8.26. The van der Waals surface area contributed by atoms with Crippen molar-refractivity contribution in [2.24, 2.45) is 0 Å². The smallest absolute Gasteiger partial charge is 0.263 e. The Morgan fingerprint density at radius 3 is 2.83 bits per heavy atom. The standard InChI is InChI=1S/C15H9Cl2N3OS3/c16-10-2-1-8(5-11(10)17)7-23-14-18-4-3-9(19-14)6-12-13(21)20-15(22)24-12/h1-6H,7H2,(H,20,21,22)/b12-6+. The number of carbonyl (C=O) groups is 1. The Kier molecular flexibility index (Phi) is 5.78. The van der Waals surface area contributed by atoms with Gasteiger partial charge in [-0.3, -0.25) is 4.79 Å². The maximum atomic E-state index is 11.7. The largest absolute Gasteiger partial charge is 0.307 e. The molecule has 24 heavy (non-hydrogen) atoms. The average molecular weight is 414 g/mol. The first kappa shape index (κ1) is 17.7. The second kappa shape index (κ2) is 7.84. The zero-order chi connectivity index (χ0) is 17.1. The van der Waals surface area contributed by atoms with E-state index < -0.39 is 0 Å². The van der Waals surface area contributed by atoms with Gasteiger partial charge in [-0.1, -0.05) is 65.0 Å². The third-order valence-corrected chi connectivity index (χ3v) is 5.76. The van der Waals surface area contributed by atoms with E-state index in [0.717, 1.165) is 5.56 Å². The van der Waals surface area contributed by atoms with Crippen molar-refractivity contribution < 1.29 is 4.79 Å². The quantitative estimate of drug-likeness (QED) is 0.343. The van der Waals surface area contributed by atoms with Gasteiger partial charge in [-0.05, 0) is 29.8 Å².